The van der Waals surface area contributed by atoms with Crippen molar-refractivity contribution in [1.29, 1.82) is 0 Å². The van der Waals surface area contributed by atoms with Crippen molar-refractivity contribution < 1.29 is 3.47 Å². The Morgan fingerprint density at radius 2 is 2.17 bits per heavy atom. The molecule has 34 valence electrons. The Morgan fingerprint density at radius 1 is 1.67 bits per heavy atom. The summed E-state index contributed by atoms with van der Waals surface area (Å²) in [4.78, 5) is 0. The maximum absolute atomic E-state index is 8.20. The van der Waals surface area contributed by atoms with Gasteiger partial charge in [0.2, 0.25) is 0 Å². The molecule has 0 atom stereocenters. The van der Waals surface area contributed by atoms with Crippen molar-refractivity contribution in [1.82, 2.24) is 0 Å². The van der Waals surface area contributed by atoms with E-state index in [4.69, 9.17) is 3.47 Å². The second kappa shape index (κ2) is 9.60. The molecule has 0 bridgehead atoms. The normalized spacial score (nSPS) is 7.00. The molecule has 3 heteroatoms. The third kappa shape index (κ3) is 9.02. The van der Waals surface area contributed by atoms with Gasteiger partial charge in [0.15, 0.2) is 0 Å². The fourth-order valence-electron chi connectivity index (χ4n) is 0.0913. The first-order valence-corrected chi connectivity index (χ1v) is 4.37. The van der Waals surface area contributed by atoms with Gasteiger partial charge in [0.25, 0.3) is 0 Å². The van der Waals surface area contributed by atoms with Gasteiger partial charge in [0, 0.05) is 0 Å². The third-order valence-electron chi connectivity index (χ3n) is 0.295. The van der Waals surface area contributed by atoms with Gasteiger partial charge in [0.1, 0.15) is 0 Å². The van der Waals surface area contributed by atoms with Crippen LogP contribution in [0.4, 0.5) is 0 Å². The fourth-order valence-corrected chi connectivity index (χ4v) is 0.612. The zero-order valence-corrected chi connectivity index (χ0v) is 5.60. The Kier molecular flexibility index (Phi) is 16.6. The van der Waals surface area contributed by atoms with E-state index >= 15 is 0 Å². The van der Waals surface area contributed by atoms with Crippen molar-refractivity contribution in [2.45, 2.75) is 17.8 Å². The van der Waals surface area contributed by atoms with Crippen molar-refractivity contribution in [2.75, 3.05) is 0 Å². The van der Waals surface area contributed by atoms with Gasteiger partial charge in [-0.2, -0.15) is 0 Å². The van der Waals surface area contributed by atoms with E-state index in [9.17, 15) is 0 Å². The SMILES string of the molecule is CCC[Te]O.[LiH]. The molecule has 0 saturated heterocycles. The number of hydrogen-bond acceptors (Lipinski definition) is 1. The van der Waals surface area contributed by atoms with Crippen molar-refractivity contribution in [2.24, 2.45) is 0 Å². The summed E-state index contributed by atoms with van der Waals surface area (Å²) in [6, 6.07) is 0. The Balaban J connectivity index is 0. The molecule has 0 unspecified atom stereocenters. The van der Waals surface area contributed by atoms with Gasteiger partial charge in [0.05, 0.1) is 0 Å². The van der Waals surface area contributed by atoms with Crippen LogP contribution < -0.4 is 0 Å². The van der Waals surface area contributed by atoms with E-state index in [1.165, 1.54) is 0 Å². The monoisotopic (exact) mass is 198 g/mol. The van der Waals surface area contributed by atoms with Gasteiger partial charge in [-0.25, -0.2) is 0 Å². The minimum absolute atomic E-state index is 0. The molecule has 1 nitrogen and oxygen atoms in total. The molecular formula is C3H9LiOTe. The van der Waals surface area contributed by atoms with Crippen LogP contribution in [0.25, 0.3) is 0 Å². The van der Waals surface area contributed by atoms with Crippen LogP contribution >= 0.6 is 0 Å². The molecule has 0 fully saturated rings. The standard InChI is InChI=1S/C3H8OTe.Li.H/c1-2-3-5-4;;/h4H,2-3H2,1H3;;. The Labute approximate surface area is 61.3 Å². The van der Waals surface area contributed by atoms with Crippen LogP contribution in [-0.2, 0) is 0 Å². The van der Waals surface area contributed by atoms with E-state index in [1.807, 2.05) is 0 Å². The van der Waals surface area contributed by atoms with Gasteiger partial charge >= 0.3 is 61.5 Å². The second-order valence-corrected chi connectivity index (χ2v) is 2.74. The Bertz CT molecular complexity index is 18.3. The molecule has 0 spiro atoms. The quantitative estimate of drug-likeness (QED) is 0.604. The molecule has 0 aromatic heterocycles. The molecule has 0 heterocycles. The van der Waals surface area contributed by atoms with Gasteiger partial charge in [-0.05, 0) is 0 Å². The Hall–Kier alpha value is 1.35. The van der Waals surface area contributed by atoms with Gasteiger partial charge in [-0.1, -0.05) is 0 Å². The van der Waals surface area contributed by atoms with E-state index in [0.717, 1.165) is 10.9 Å². The van der Waals surface area contributed by atoms with Gasteiger partial charge < -0.3 is 0 Å². The minimum atomic E-state index is -0.527. The summed E-state index contributed by atoms with van der Waals surface area (Å²) in [5, 5.41) is 0. The van der Waals surface area contributed by atoms with Crippen LogP contribution in [0.15, 0.2) is 0 Å². The zero-order valence-electron chi connectivity index (χ0n) is 3.27. The van der Waals surface area contributed by atoms with Gasteiger partial charge in [-0.15, -0.1) is 0 Å². The maximum atomic E-state index is 8.20. The van der Waals surface area contributed by atoms with Gasteiger partial charge in [-0.3, -0.25) is 0 Å². The summed E-state index contributed by atoms with van der Waals surface area (Å²) in [5.41, 5.74) is 0. The third-order valence-corrected chi connectivity index (χ3v) is 1.98. The second-order valence-electron chi connectivity index (χ2n) is 0.833. The molecule has 6 heavy (non-hydrogen) atoms. The van der Waals surface area contributed by atoms with Crippen LogP contribution in [-0.4, -0.2) is 43.7 Å². The average molecular weight is 196 g/mol. The first-order valence-electron chi connectivity index (χ1n) is 1.68. The summed E-state index contributed by atoms with van der Waals surface area (Å²) >= 11 is -0.527. The topological polar surface area (TPSA) is 20.2 Å². The fraction of sp³-hybridized carbons (Fsp3) is 1.00. The summed E-state index contributed by atoms with van der Waals surface area (Å²) in [7, 11) is 0. The molecule has 0 amide bonds. The molecule has 0 aliphatic carbocycles. The van der Waals surface area contributed by atoms with E-state index in [-0.39, 0.29) is 18.9 Å². The Morgan fingerprint density at radius 3 is 2.17 bits per heavy atom. The summed E-state index contributed by atoms with van der Waals surface area (Å²) in [6.45, 7) is 2.08. The first kappa shape index (κ1) is 10.4. The molecule has 0 aliphatic rings. The van der Waals surface area contributed by atoms with Crippen molar-refractivity contribution in [3.8, 4) is 0 Å². The molecule has 0 aromatic rings. The van der Waals surface area contributed by atoms with E-state index in [2.05, 4.69) is 6.92 Å². The predicted octanol–water partition coefficient (Wildman–Crippen LogP) is -0.222. The zero-order chi connectivity index (χ0) is 4.12. The van der Waals surface area contributed by atoms with Crippen LogP contribution in [0.1, 0.15) is 13.3 Å². The van der Waals surface area contributed by atoms with E-state index in [1.54, 1.807) is 0 Å². The molecule has 0 rings (SSSR count). The van der Waals surface area contributed by atoms with Crippen LogP contribution in [0.5, 0.6) is 0 Å². The molecule has 0 aliphatic heterocycles. The molecule has 0 saturated carbocycles. The molecule has 0 radical (unpaired) electrons. The van der Waals surface area contributed by atoms with E-state index in [0.29, 0.717) is 0 Å². The van der Waals surface area contributed by atoms with Crippen LogP contribution in [0.3, 0.4) is 0 Å². The predicted molar refractivity (Wildman–Crippen MR) is 30.2 cm³/mol. The summed E-state index contributed by atoms with van der Waals surface area (Å²) in [5.74, 6) is 0. The molecule has 1 N–H and O–H groups in total. The van der Waals surface area contributed by atoms with Crippen LogP contribution in [0, 0.1) is 0 Å². The van der Waals surface area contributed by atoms with Crippen molar-refractivity contribution in [3.05, 3.63) is 0 Å². The van der Waals surface area contributed by atoms with Crippen LogP contribution in [0.2, 0.25) is 4.47 Å². The first-order chi connectivity index (χ1) is 2.41. The molecular weight excluding hydrogens is 187 g/mol. The average Bonchev–Trinajstić information content (AvgIpc) is 1.41. The number of rotatable bonds is 2. The molecule has 0 aromatic carbocycles. The van der Waals surface area contributed by atoms with Crippen molar-refractivity contribution >= 4 is 40.2 Å². The number of hydrogen-bond donors (Lipinski definition) is 1. The van der Waals surface area contributed by atoms with E-state index < -0.39 is 21.3 Å². The summed E-state index contributed by atoms with van der Waals surface area (Å²) < 4.78 is 9.27. The van der Waals surface area contributed by atoms with Crippen molar-refractivity contribution in [3.63, 3.8) is 0 Å². The summed E-state index contributed by atoms with van der Waals surface area (Å²) in [6.07, 6.45) is 1.15.